The van der Waals surface area contributed by atoms with Crippen molar-refractivity contribution >= 4 is 11.5 Å². The molecule has 2 aromatic rings. The number of aryl methyl sites for hydroxylation is 1. The predicted octanol–water partition coefficient (Wildman–Crippen LogP) is 2.62. The largest absolute Gasteiger partial charge is 0.312 e. The van der Waals surface area contributed by atoms with Gasteiger partial charge in [0, 0.05) is 12.1 Å². The summed E-state index contributed by atoms with van der Waals surface area (Å²) in [5.74, 6) is 0. The van der Waals surface area contributed by atoms with E-state index in [9.17, 15) is 0 Å². The van der Waals surface area contributed by atoms with Gasteiger partial charge in [-0.2, -0.15) is 0 Å². The zero-order chi connectivity index (χ0) is 11.4. The molecule has 0 fully saturated rings. The second-order valence-corrected chi connectivity index (χ2v) is 4.48. The van der Waals surface area contributed by atoms with Gasteiger partial charge in [-0.25, -0.2) is 0 Å². The Morgan fingerprint density at radius 3 is 2.88 bits per heavy atom. The number of nitrogens with zero attached hydrogens (tertiary/aromatic N) is 2. The standard InChI is InChI=1S/C12H15N3S/c1-3-13-8-11-12(14-15-16-11)10-7-5-4-6-9(10)2/h4-7,13H,3,8H2,1-2H3. The highest BCUT2D eigenvalue weighted by atomic mass is 32.1. The molecule has 0 saturated heterocycles. The highest BCUT2D eigenvalue weighted by molar-refractivity contribution is 7.05. The van der Waals surface area contributed by atoms with Gasteiger partial charge in [0.1, 0.15) is 5.69 Å². The van der Waals surface area contributed by atoms with Gasteiger partial charge in [0.25, 0.3) is 0 Å². The first-order valence-electron chi connectivity index (χ1n) is 5.41. The lowest BCUT2D eigenvalue weighted by molar-refractivity contribution is 0.735. The normalized spacial score (nSPS) is 10.6. The first-order valence-corrected chi connectivity index (χ1v) is 6.18. The third-order valence-electron chi connectivity index (χ3n) is 2.49. The first kappa shape index (κ1) is 11.2. The first-order chi connectivity index (χ1) is 7.83. The third kappa shape index (κ3) is 2.28. The molecule has 0 saturated carbocycles. The molecule has 0 bridgehead atoms. The van der Waals surface area contributed by atoms with Crippen molar-refractivity contribution in [1.29, 1.82) is 0 Å². The molecular weight excluding hydrogens is 218 g/mol. The van der Waals surface area contributed by atoms with E-state index in [0.29, 0.717) is 0 Å². The average molecular weight is 233 g/mol. The molecule has 0 radical (unpaired) electrons. The van der Waals surface area contributed by atoms with E-state index in [1.54, 1.807) is 0 Å². The summed E-state index contributed by atoms with van der Waals surface area (Å²) in [5, 5.41) is 7.54. The summed E-state index contributed by atoms with van der Waals surface area (Å²) in [6.07, 6.45) is 0. The van der Waals surface area contributed by atoms with E-state index in [4.69, 9.17) is 0 Å². The van der Waals surface area contributed by atoms with Gasteiger partial charge in [0.15, 0.2) is 0 Å². The smallest absolute Gasteiger partial charge is 0.110 e. The minimum Gasteiger partial charge on any atom is -0.312 e. The fraction of sp³-hybridized carbons (Fsp3) is 0.333. The predicted molar refractivity (Wildman–Crippen MR) is 67.5 cm³/mol. The number of nitrogens with one attached hydrogen (secondary N) is 1. The lowest BCUT2D eigenvalue weighted by Gasteiger charge is -2.04. The minimum atomic E-state index is 0.845. The summed E-state index contributed by atoms with van der Waals surface area (Å²) < 4.78 is 4.04. The molecule has 1 aromatic heterocycles. The summed E-state index contributed by atoms with van der Waals surface area (Å²) in [4.78, 5) is 1.20. The summed E-state index contributed by atoms with van der Waals surface area (Å²) in [7, 11) is 0. The number of hydrogen-bond donors (Lipinski definition) is 1. The van der Waals surface area contributed by atoms with Gasteiger partial charge in [0.2, 0.25) is 0 Å². The van der Waals surface area contributed by atoms with Crippen molar-refractivity contribution in [1.82, 2.24) is 14.9 Å². The van der Waals surface area contributed by atoms with Gasteiger partial charge >= 0.3 is 0 Å². The van der Waals surface area contributed by atoms with Crippen LogP contribution in [0.25, 0.3) is 11.3 Å². The lowest BCUT2D eigenvalue weighted by Crippen LogP contribution is -2.11. The Balaban J connectivity index is 2.33. The van der Waals surface area contributed by atoms with Crippen LogP contribution in [0.4, 0.5) is 0 Å². The molecule has 2 rings (SSSR count). The van der Waals surface area contributed by atoms with Crippen molar-refractivity contribution < 1.29 is 0 Å². The SMILES string of the molecule is CCNCc1snnc1-c1ccccc1C. The van der Waals surface area contributed by atoms with Crippen LogP contribution in [0, 0.1) is 6.92 Å². The van der Waals surface area contributed by atoms with Crippen LogP contribution in [0.2, 0.25) is 0 Å². The maximum absolute atomic E-state index is 4.23. The number of benzene rings is 1. The summed E-state index contributed by atoms with van der Waals surface area (Å²) in [6, 6.07) is 8.29. The maximum Gasteiger partial charge on any atom is 0.110 e. The van der Waals surface area contributed by atoms with Crippen LogP contribution >= 0.6 is 11.5 Å². The molecule has 1 aromatic carbocycles. The zero-order valence-electron chi connectivity index (χ0n) is 9.53. The molecule has 1 N–H and O–H groups in total. The molecule has 16 heavy (non-hydrogen) atoms. The Morgan fingerprint density at radius 1 is 1.31 bits per heavy atom. The van der Waals surface area contributed by atoms with Gasteiger partial charge in [-0.1, -0.05) is 35.7 Å². The van der Waals surface area contributed by atoms with Gasteiger partial charge in [-0.15, -0.1) is 5.10 Å². The zero-order valence-corrected chi connectivity index (χ0v) is 10.3. The van der Waals surface area contributed by atoms with Crippen molar-refractivity contribution in [3.63, 3.8) is 0 Å². The van der Waals surface area contributed by atoms with Crippen molar-refractivity contribution in [2.24, 2.45) is 0 Å². The topological polar surface area (TPSA) is 37.8 Å². The number of hydrogen-bond acceptors (Lipinski definition) is 4. The van der Waals surface area contributed by atoms with E-state index in [0.717, 1.165) is 18.8 Å². The molecule has 0 aliphatic carbocycles. The van der Waals surface area contributed by atoms with Gasteiger partial charge in [0.05, 0.1) is 4.88 Å². The molecular formula is C12H15N3S. The number of aromatic nitrogens is 2. The third-order valence-corrected chi connectivity index (χ3v) is 3.21. The molecule has 0 unspecified atom stereocenters. The Bertz CT molecular complexity index is 465. The monoisotopic (exact) mass is 233 g/mol. The highest BCUT2D eigenvalue weighted by Gasteiger charge is 2.11. The van der Waals surface area contributed by atoms with E-state index in [-0.39, 0.29) is 0 Å². The van der Waals surface area contributed by atoms with Crippen LogP contribution in [0.3, 0.4) is 0 Å². The average Bonchev–Trinajstić information content (AvgIpc) is 2.75. The fourth-order valence-electron chi connectivity index (χ4n) is 1.61. The lowest BCUT2D eigenvalue weighted by atomic mass is 10.1. The van der Waals surface area contributed by atoms with Crippen LogP contribution in [-0.2, 0) is 6.54 Å². The highest BCUT2D eigenvalue weighted by Crippen LogP contribution is 2.26. The van der Waals surface area contributed by atoms with E-state index in [1.807, 2.05) is 12.1 Å². The van der Waals surface area contributed by atoms with E-state index in [1.165, 1.54) is 27.5 Å². The summed E-state index contributed by atoms with van der Waals surface area (Å²) in [6.45, 7) is 6.01. The number of rotatable bonds is 4. The summed E-state index contributed by atoms with van der Waals surface area (Å²) >= 11 is 1.47. The van der Waals surface area contributed by atoms with E-state index >= 15 is 0 Å². The van der Waals surface area contributed by atoms with Crippen LogP contribution in [0.5, 0.6) is 0 Å². The van der Waals surface area contributed by atoms with E-state index < -0.39 is 0 Å². The van der Waals surface area contributed by atoms with Crippen LogP contribution in [0.1, 0.15) is 17.4 Å². The molecule has 1 heterocycles. The van der Waals surface area contributed by atoms with Crippen molar-refractivity contribution in [2.75, 3.05) is 6.54 Å². The molecule has 84 valence electrons. The molecule has 0 aliphatic rings. The van der Waals surface area contributed by atoms with Gasteiger partial charge in [-0.05, 0) is 30.6 Å². The molecule has 0 spiro atoms. The summed E-state index contributed by atoms with van der Waals surface area (Å²) in [5.41, 5.74) is 3.45. The van der Waals surface area contributed by atoms with Crippen LogP contribution in [0.15, 0.2) is 24.3 Å². The van der Waals surface area contributed by atoms with Crippen LogP contribution in [-0.4, -0.2) is 16.1 Å². The Morgan fingerprint density at radius 2 is 2.12 bits per heavy atom. The van der Waals surface area contributed by atoms with Crippen LogP contribution < -0.4 is 5.32 Å². The van der Waals surface area contributed by atoms with Crippen molar-refractivity contribution in [2.45, 2.75) is 20.4 Å². The quantitative estimate of drug-likeness (QED) is 0.882. The molecule has 3 nitrogen and oxygen atoms in total. The molecule has 4 heteroatoms. The Hall–Kier alpha value is -1.26. The second kappa shape index (κ2) is 5.18. The van der Waals surface area contributed by atoms with Gasteiger partial charge < -0.3 is 5.32 Å². The molecule has 0 amide bonds. The van der Waals surface area contributed by atoms with E-state index in [2.05, 4.69) is 40.9 Å². The van der Waals surface area contributed by atoms with Crippen molar-refractivity contribution in [3.05, 3.63) is 34.7 Å². The van der Waals surface area contributed by atoms with Gasteiger partial charge in [-0.3, -0.25) is 0 Å². The maximum atomic E-state index is 4.23. The Labute approximate surface area is 99.7 Å². The Kier molecular flexibility index (Phi) is 3.64. The van der Waals surface area contributed by atoms with Crippen molar-refractivity contribution in [3.8, 4) is 11.3 Å². The fourth-order valence-corrected chi connectivity index (χ4v) is 2.23. The molecule has 0 atom stereocenters. The second-order valence-electron chi connectivity index (χ2n) is 3.64. The minimum absolute atomic E-state index is 0.845. The molecule has 0 aliphatic heterocycles.